The molecule has 0 saturated carbocycles. The fourth-order valence-corrected chi connectivity index (χ4v) is 2.16. The number of rotatable bonds is 3. The van der Waals surface area contributed by atoms with E-state index >= 15 is 0 Å². The predicted octanol–water partition coefficient (Wildman–Crippen LogP) is 0.895. The van der Waals surface area contributed by atoms with Crippen LogP contribution in [0.5, 0.6) is 5.88 Å². The van der Waals surface area contributed by atoms with E-state index in [0.717, 1.165) is 13.0 Å². The van der Waals surface area contributed by atoms with Crippen molar-refractivity contribution in [3.8, 4) is 5.88 Å². The second-order valence-corrected chi connectivity index (χ2v) is 4.89. The van der Waals surface area contributed by atoms with Gasteiger partial charge in [0.2, 0.25) is 5.88 Å². The minimum absolute atomic E-state index is 0.151. The lowest BCUT2D eigenvalue weighted by Gasteiger charge is -2.23. The van der Waals surface area contributed by atoms with Crippen molar-refractivity contribution in [2.24, 2.45) is 0 Å². The molecule has 0 radical (unpaired) electrons. The third-order valence-corrected chi connectivity index (χ3v) is 3.55. The number of halogens is 1. The summed E-state index contributed by atoms with van der Waals surface area (Å²) in [6.07, 6.45) is 4.96. The smallest absolute Gasteiger partial charge is 0.268 e. The Morgan fingerprint density at radius 3 is 3.19 bits per heavy atom. The van der Waals surface area contributed by atoms with Gasteiger partial charge in [-0.3, -0.25) is 4.79 Å². The number of nitrogens with one attached hydrogen (secondary N) is 2. The minimum Gasteiger partial charge on any atom is -0.475 e. The van der Waals surface area contributed by atoms with Gasteiger partial charge in [-0.2, -0.15) is 0 Å². The molecule has 2 heterocycles. The van der Waals surface area contributed by atoms with E-state index in [-0.39, 0.29) is 5.56 Å². The van der Waals surface area contributed by atoms with Gasteiger partial charge in [-0.25, -0.2) is 4.98 Å². The molecule has 1 aromatic heterocycles. The molecule has 1 atom stereocenters. The maximum absolute atomic E-state index is 11.3. The number of H-pyrrole nitrogens is 1. The monoisotopic (exact) mass is 335 g/mol. The molecule has 1 saturated heterocycles. The Morgan fingerprint density at radius 2 is 2.44 bits per heavy atom. The van der Waals surface area contributed by atoms with E-state index in [1.807, 2.05) is 22.6 Å². The number of hydrogen-bond acceptors (Lipinski definition) is 4. The zero-order valence-electron chi connectivity index (χ0n) is 8.83. The largest absolute Gasteiger partial charge is 0.475 e. The van der Waals surface area contributed by atoms with Gasteiger partial charge < -0.3 is 15.0 Å². The third-order valence-electron chi connectivity index (χ3n) is 2.60. The van der Waals surface area contributed by atoms with Gasteiger partial charge in [0.25, 0.3) is 5.56 Å². The highest BCUT2D eigenvalue weighted by molar-refractivity contribution is 14.1. The SMILES string of the molecule is O=c1[nH]cnc(OCC2CCCCN2)c1I. The topological polar surface area (TPSA) is 67.0 Å². The average Bonchev–Trinajstić information content (AvgIpc) is 2.32. The fourth-order valence-electron chi connectivity index (χ4n) is 1.71. The normalized spacial score (nSPS) is 20.7. The lowest BCUT2D eigenvalue weighted by Crippen LogP contribution is -2.38. The van der Waals surface area contributed by atoms with Crippen LogP contribution in [0, 0.1) is 3.57 Å². The highest BCUT2D eigenvalue weighted by Gasteiger charge is 2.14. The van der Waals surface area contributed by atoms with Gasteiger partial charge in [-0.1, -0.05) is 6.42 Å². The Morgan fingerprint density at radius 1 is 1.56 bits per heavy atom. The molecule has 1 unspecified atom stereocenters. The first-order valence-electron chi connectivity index (χ1n) is 5.37. The van der Waals surface area contributed by atoms with Crippen molar-refractivity contribution in [1.29, 1.82) is 0 Å². The molecular formula is C10H14IN3O2. The van der Waals surface area contributed by atoms with Crippen LogP contribution in [-0.2, 0) is 0 Å². The summed E-state index contributed by atoms with van der Waals surface area (Å²) in [5, 5.41) is 3.38. The zero-order valence-corrected chi connectivity index (χ0v) is 11.0. The summed E-state index contributed by atoms with van der Waals surface area (Å²) in [7, 11) is 0. The predicted molar refractivity (Wildman–Crippen MR) is 68.7 cm³/mol. The van der Waals surface area contributed by atoms with E-state index in [2.05, 4.69) is 15.3 Å². The summed E-state index contributed by atoms with van der Waals surface area (Å²) in [5.74, 6) is 0.428. The molecule has 1 fully saturated rings. The van der Waals surface area contributed by atoms with E-state index in [0.29, 0.717) is 22.1 Å². The molecule has 5 nitrogen and oxygen atoms in total. The minimum atomic E-state index is -0.151. The molecule has 88 valence electrons. The molecule has 0 spiro atoms. The first-order chi connectivity index (χ1) is 7.77. The van der Waals surface area contributed by atoms with E-state index < -0.39 is 0 Å². The number of aromatic amines is 1. The Labute approximate surface area is 107 Å². The fraction of sp³-hybridized carbons (Fsp3) is 0.600. The van der Waals surface area contributed by atoms with Crippen molar-refractivity contribution in [2.75, 3.05) is 13.2 Å². The van der Waals surface area contributed by atoms with Crippen molar-refractivity contribution >= 4 is 22.6 Å². The number of aromatic nitrogens is 2. The number of nitrogens with zero attached hydrogens (tertiary/aromatic N) is 1. The maximum Gasteiger partial charge on any atom is 0.268 e. The van der Waals surface area contributed by atoms with Crippen molar-refractivity contribution in [2.45, 2.75) is 25.3 Å². The number of hydrogen-bond donors (Lipinski definition) is 2. The van der Waals surface area contributed by atoms with Gasteiger partial charge in [0.15, 0.2) is 0 Å². The van der Waals surface area contributed by atoms with Crippen LogP contribution in [0.3, 0.4) is 0 Å². The van der Waals surface area contributed by atoms with Gasteiger partial charge >= 0.3 is 0 Å². The third kappa shape index (κ3) is 2.94. The number of piperidine rings is 1. The Bertz CT molecular complexity index is 401. The van der Waals surface area contributed by atoms with Crippen LogP contribution >= 0.6 is 22.6 Å². The average molecular weight is 335 g/mol. The van der Waals surface area contributed by atoms with Crippen molar-refractivity contribution < 1.29 is 4.74 Å². The highest BCUT2D eigenvalue weighted by Crippen LogP contribution is 2.13. The van der Waals surface area contributed by atoms with Gasteiger partial charge in [-0.05, 0) is 42.0 Å². The van der Waals surface area contributed by atoms with Crippen LogP contribution in [-0.4, -0.2) is 29.2 Å². The standard InChI is InChI=1S/C10H14IN3O2/c11-8-9(15)13-6-14-10(8)16-5-7-3-1-2-4-12-7/h6-7,12H,1-5H2,(H,13,14,15). The molecular weight excluding hydrogens is 321 g/mol. The summed E-state index contributed by atoms with van der Waals surface area (Å²) in [4.78, 5) is 17.8. The summed E-state index contributed by atoms with van der Waals surface area (Å²) >= 11 is 1.95. The molecule has 0 aromatic carbocycles. The number of ether oxygens (including phenoxy) is 1. The van der Waals surface area contributed by atoms with Crippen LogP contribution in [0.2, 0.25) is 0 Å². The van der Waals surface area contributed by atoms with Crippen LogP contribution in [0.4, 0.5) is 0 Å². The van der Waals surface area contributed by atoms with Crippen LogP contribution < -0.4 is 15.6 Å². The second kappa shape index (κ2) is 5.62. The lowest BCUT2D eigenvalue weighted by atomic mass is 10.1. The van der Waals surface area contributed by atoms with Gasteiger partial charge in [0, 0.05) is 6.04 Å². The molecule has 16 heavy (non-hydrogen) atoms. The molecule has 0 amide bonds. The molecule has 1 aliphatic rings. The Hall–Kier alpha value is -0.630. The molecule has 0 aliphatic carbocycles. The van der Waals surface area contributed by atoms with Crippen LogP contribution in [0.15, 0.2) is 11.1 Å². The maximum atomic E-state index is 11.3. The quantitative estimate of drug-likeness (QED) is 0.806. The summed E-state index contributed by atoms with van der Waals surface area (Å²) < 4.78 is 6.07. The molecule has 2 rings (SSSR count). The van der Waals surface area contributed by atoms with E-state index in [1.54, 1.807) is 0 Å². The molecule has 1 aromatic rings. The summed E-state index contributed by atoms with van der Waals surface area (Å²) in [5.41, 5.74) is -0.151. The van der Waals surface area contributed by atoms with E-state index in [4.69, 9.17) is 4.74 Å². The Kier molecular flexibility index (Phi) is 4.16. The van der Waals surface area contributed by atoms with Crippen molar-refractivity contribution in [3.63, 3.8) is 0 Å². The molecule has 2 N–H and O–H groups in total. The first kappa shape index (κ1) is 11.8. The summed E-state index contributed by atoms with van der Waals surface area (Å²) in [6.45, 7) is 1.63. The first-order valence-corrected chi connectivity index (χ1v) is 6.44. The van der Waals surface area contributed by atoms with Crippen molar-refractivity contribution in [1.82, 2.24) is 15.3 Å². The zero-order chi connectivity index (χ0) is 11.4. The van der Waals surface area contributed by atoms with Gasteiger partial charge in [0.05, 0.1) is 6.33 Å². The molecule has 1 aliphatic heterocycles. The van der Waals surface area contributed by atoms with Crippen molar-refractivity contribution in [3.05, 3.63) is 20.3 Å². The van der Waals surface area contributed by atoms with Crippen LogP contribution in [0.25, 0.3) is 0 Å². The van der Waals surface area contributed by atoms with Crippen LogP contribution in [0.1, 0.15) is 19.3 Å². The Balaban J connectivity index is 1.93. The van der Waals surface area contributed by atoms with Gasteiger partial charge in [0.1, 0.15) is 10.2 Å². The second-order valence-electron chi connectivity index (χ2n) is 3.81. The van der Waals surface area contributed by atoms with E-state index in [9.17, 15) is 4.79 Å². The molecule has 6 heteroatoms. The highest BCUT2D eigenvalue weighted by atomic mass is 127. The summed E-state index contributed by atoms with van der Waals surface area (Å²) in [6, 6.07) is 0.380. The van der Waals surface area contributed by atoms with Gasteiger partial charge in [-0.15, -0.1) is 0 Å². The lowest BCUT2D eigenvalue weighted by molar-refractivity contribution is 0.230. The van der Waals surface area contributed by atoms with E-state index in [1.165, 1.54) is 19.2 Å². The molecule has 0 bridgehead atoms.